The molecule has 0 heterocycles. The van der Waals surface area contributed by atoms with Crippen LogP contribution in [0, 0.1) is 10.1 Å². The number of nitrogens with one attached hydrogen (secondary N) is 1. The predicted octanol–water partition coefficient (Wildman–Crippen LogP) is 3.52. The Hall–Kier alpha value is -0.750. The molecular formula is C10H13BrN2O2S. The first kappa shape index (κ1) is 13.3. The first-order chi connectivity index (χ1) is 7.54. The maximum atomic E-state index is 10.9. The van der Waals surface area contributed by atoms with Gasteiger partial charge in [-0.15, -0.1) is 0 Å². The van der Waals surface area contributed by atoms with E-state index in [1.54, 1.807) is 23.9 Å². The summed E-state index contributed by atoms with van der Waals surface area (Å²) in [5, 5.41) is 14.0. The number of nitrogens with zero attached hydrogens (tertiary/aromatic N) is 1. The van der Waals surface area contributed by atoms with Crippen LogP contribution >= 0.6 is 27.7 Å². The highest BCUT2D eigenvalue weighted by molar-refractivity contribution is 9.10. The highest BCUT2D eigenvalue weighted by atomic mass is 79.9. The fourth-order valence-electron chi connectivity index (χ4n) is 1.34. The van der Waals surface area contributed by atoms with Crippen molar-refractivity contribution >= 4 is 39.1 Å². The summed E-state index contributed by atoms with van der Waals surface area (Å²) in [5.74, 6) is 0.910. The normalized spacial score (nSPS) is 12.2. The Labute approximate surface area is 107 Å². The number of benzene rings is 1. The van der Waals surface area contributed by atoms with Crippen LogP contribution in [0.5, 0.6) is 0 Å². The zero-order valence-corrected chi connectivity index (χ0v) is 11.5. The minimum atomic E-state index is -0.376. The lowest BCUT2D eigenvalue weighted by Crippen LogP contribution is -2.18. The fraction of sp³-hybridized carbons (Fsp3) is 0.400. The summed E-state index contributed by atoms with van der Waals surface area (Å²) in [4.78, 5) is 10.5. The summed E-state index contributed by atoms with van der Waals surface area (Å²) in [6.07, 6.45) is 2.01. The van der Waals surface area contributed by atoms with Gasteiger partial charge in [-0.2, -0.15) is 11.8 Å². The van der Waals surface area contributed by atoms with E-state index in [0.717, 1.165) is 5.75 Å². The van der Waals surface area contributed by atoms with E-state index >= 15 is 0 Å². The van der Waals surface area contributed by atoms with E-state index in [1.165, 1.54) is 6.07 Å². The molecule has 0 spiro atoms. The van der Waals surface area contributed by atoms with Gasteiger partial charge in [0.05, 0.1) is 4.92 Å². The average molecular weight is 305 g/mol. The average Bonchev–Trinajstić information content (AvgIpc) is 2.20. The Morgan fingerprint density at radius 3 is 2.88 bits per heavy atom. The van der Waals surface area contributed by atoms with Gasteiger partial charge in [0.2, 0.25) is 0 Å². The van der Waals surface area contributed by atoms with Crippen LogP contribution in [-0.4, -0.2) is 23.0 Å². The van der Waals surface area contributed by atoms with Gasteiger partial charge >= 0.3 is 0 Å². The largest absolute Gasteiger partial charge is 0.376 e. The zero-order valence-electron chi connectivity index (χ0n) is 9.07. The summed E-state index contributed by atoms with van der Waals surface area (Å²) < 4.78 is 0.710. The van der Waals surface area contributed by atoms with Crippen molar-refractivity contribution in [3.05, 3.63) is 32.8 Å². The van der Waals surface area contributed by atoms with Crippen molar-refractivity contribution in [2.75, 3.05) is 17.3 Å². The first-order valence-electron chi connectivity index (χ1n) is 4.74. The molecule has 0 aliphatic rings. The lowest BCUT2D eigenvalue weighted by Gasteiger charge is -2.13. The number of rotatable bonds is 5. The maximum Gasteiger partial charge on any atom is 0.293 e. The standard InChI is InChI=1S/C10H13BrN2O2S/c1-7(6-16-2)12-9-4-3-8(11)5-10(9)13(14)15/h3-5,7,12H,6H2,1-2H3. The van der Waals surface area contributed by atoms with Crippen molar-refractivity contribution in [2.24, 2.45) is 0 Å². The van der Waals surface area contributed by atoms with Crippen LogP contribution in [0.2, 0.25) is 0 Å². The van der Waals surface area contributed by atoms with Crippen LogP contribution < -0.4 is 5.32 Å². The van der Waals surface area contributed by atoms with Crippen LogP contribution in [0.1, 0.15) is 6.92 Å². The third-order valence-electron chi connectivity index (χ3n) is 1.98. The Balaban J connectivity index is 2.90. The monoisotopic (exact) mass is 304 g/mol. The van der Waals surface area contributed by atoms with Crippen molar-refractivity contribution < 1.29 is 4.92 Å². The van der Waals surface area contributed by atoms with E-state index in [4.69, 9.17) is 0 Å². The number of halogens is 1. The highest BCUT2D eigenvalue weighted by Gasteiger charge is 2.15. The molecule has 0 amide bonds. The molecule has 0 aliphatic heterocycles. The molecule has 1 N–H and O–H groups in total. The number of hydrogen-bond donors (Lipinski definition) is 1. The summed E-state index contributed by atoms with van der Waals surface area (Å²) in [5.41, 5.74) is 0.664. The molecule has 1 rings (SSSR count). The van der Waals surface area contributed by atoms with Crippen molar-refractivity contribution in [2.45, 2.75) is 13.0 Å². The molecule has 0 bridgehead atoms. The van der Waals surface area contributed by atoms with Gasteiger partial charge in [-0.3, -0.25) is 10.1 Å². The number of nitro groups is 1. The molecule has 88 valence electrons. The molecule has 6 heteroatoms. The van der Waals surface area contributed by atoms with E-state index in [-0.39, 0.29) is 16.7 Å². The maximum absolute atomic E-state index is 10.9. The number of hydrogen-bond acceptors (Lipinski definition) is 4. The lowest BCUT2D eigenvalue weighted by molar-refractivity contribution is -0.384. The topological polar surface area (TPSA) is 55.2 Å². The van der Waals surface area contributed by atoms with E-state index in [9.17, 15) is 10.1 Å². The molecule has 1 atom stereocenters. The van der Waals surface area contributed by atoms with Crippen LogP contribution in [0.25, 0.3) is 0 Å². The van der Waals surface area contributed by atoms with Gasteiger partial charge in [0.25, 0.3) is 5.69 Å². The van der Waals surface area contributed by atoms with Crippen LogP contribution in [0.3, 0.4) is 0 Å². The smallest absolute Gasteiger partial charge is 0.293 e. The third kappa shape index (κ3) is 3.68. The minimum absolute atomic E-state index is 0.0994. The van der Waals surface area contributed by atoms with E-state index in [2.05, 4.69) is 21.2 Å². The van der Waals surface area contributed by atoms with Gasteiger partial charge in [-0.25, -0.2) is 0 Å². The number of anilines is 1. The van der Waals surface area contributed by atoms with Crippen LogP contribution in [0.15, 0.2) is 22.7 Å². The Bertz CT molecular complexity index is 387. The van der Waals surface area contributed by atoms with Crippen molar-refractivity contribution in [3.63, 3.8) is 0 Å². The summed E-state index contributed by atoms with van der Waals surface area (Å²) in [6.45, 7) is 2.00. The second kappa shape index (κ2) is 6.10. The molecule has 1 unspecified atom stereocenters. The summed E-state index contributed by atoms with van der Waals surface area (Å²) >= 11 is 4.93. The summed E-state index contributed by atoms with van der Waals surface area (Å²) in [7, 11) is 0. The van der Waals surface area contributed by atoms with Gasteiger partial charge in [0.1, 0.15) is 5.69 Å². The molecule has 0 radical (unpaired) electrons. The molecule has 0 saturated heterocycles. The molecule has 4 nitrogen and oxygen atoms in total. The first-order valence-corrected chi connectivity index (χ1v) is 6.92. The SMILES string of the molecule is CSCC(C)Nc1ccc(Br)cc1[N+](=O)[O-]. The van der Waals surface area contributed by atoms with Gasteiger partial charge < -0.3 is 5.32 Å². The fourth-order valence-corrected chi connectivity index (χ4v) is 2.27. The Morgan fingerprint density at radius 2 is 2.31 bits per heavy atom. The predicted molar refractivity (Wildman–Crippen MR) is 72.3 cm³/mol. The van der Waals surface area contributed by atoms with Crippen molar-refractivity contribution in [1.29, 1.82) is 0 Å². The molecule has 1 aromatic carbocycles. The van der Waals surface area contributed by atoms with E-state index in [0.29, 0.717) is 10.2 Å². The lowest BCUT2D eigenvalue weighted by atomic mass is 10.2. The van der Waals surface area contributed by atoms with Crippen molar-refractivity contribution in [3.8, 4) is 0 Å². The molecule has 0 saturated carbocycles. The third-order valence-corrected chi connectivity index (χ3v) is 3.30. The molecule has 1 aromatic rings. The molecule has 16 heavy (non-hydrogen) atoms. The number of thioether (sulfide) groups is 1. The Kier molecular flexibility index (Phi) is 5.08. The molecule has 0 fully saturated rings. The van der Waals surface area contributed by atoms with Gasteiger partial charge in [-0.05, 0) is 25.3 Å². The highest BCUT2D eigenvalue weighted by Crippen LogP contribution is 2.28. The van der Waals surface area contributed by atoms with Gasteiger partial charge in [0.15, 0.2) is 0 Å². The molecular weight excluding hydrogens is 292 g/mol. The zero-order chi connectivity index (χ0) is 12.1. The van der Waals surface area contributed by atoms with Crippen molar-refractivity contribution in [1.82, 2.24) is 0 Å². The second-order valence-corrected chi connectivity index (χ2v) is 5.25. The second-order valence-electron chi connectivity index (χ2n) is 3.42. The summed E-state index contributed by atoms with van der Waals surface area (Å²) in [6, 6.07) is 5.23. The molecule has 0 aromatic heterocycles. The Morgan fingerprint density at radius 1 is 1.62 bits per heavy atom. The van der Waals surface area contributed by atoms with Gasteiger partial charge in [-0.1, -0.05) is 15.9 Å². The number of nitro benzene ring substituents is 1. The van der Waals surface area contributed by atoms with E-state index in [1.807, 2.05) is 13.2 Å². The van der Waals surface area contributed by atoms with Crippen LogP contribution in [0.4, 0.5) is 11.4 Å². The van der Waals surface area contributed by atoms with Gasteiger partial charge in [0, 0.05) is 22.3 Å². The minimum Gasteiger partial charge on any atom is -0.376 e. The van der Waals surface area contributed by atoms with Crippen LogP contribution in [-0.2, 0) is 0 Å². The molecule has 0 aliphatic carbocycles. The quantitative estimate of drug-likeness (QED) is 0.668. The van der Waals surface area contributed by atoms with E-state index < -0.39 is 0 Å².